The standard InChI is InChI=1S/C13H19N5O4/c1-8(15-16-11(14)19)13(4)17(20)10(9-6-5-7-22-9)12(2,3)18(13)21/h5-7,21H,1-4H3,(H3,14,16,19)/b15-8-/t13-/m0/s1. The van der Waals surface area contributed by atoms with E-state index in [0.717, 1.165) is 5.06 Å². The smallest absolute Gasteiger partial charge is 0.332 e. The number of urea groups is 1. The molecule has 9 heteroatoms. The van der Waals surface area contributed by atoms with Gasteiger partial charge in [0.05, 0.1) is 6.26 Å². The number of carbonyl (C=O) groups is 1. The van der Waals surface area contributed by atoms with Gasteiger partial charge in [0.15, 0.2) is 5.76 Å². The lowest BCUT2D eigenvalue weighted by Gasteiger charge is -2.32. The van der Waals surface area contributed by atoms with Crippen LogP contribution in [0.1, 0.15) is 33.5 Å². The van der Waals surface area contributed by atoms with E-state index in [-0.39, 0.29) is 11.4 Å². The van der Waals surface area contributed by atoms with Gasteiger partial charge in [-0.25, -0.2) is 10.2 Å². The summed E-state index contributed by atoms with van der Waals surface area (Å²) >= 11 is 0. The van der Waals surface area contributed by atoms with Crippen molar-refractivity contribution in [2.24, 2.45) is 10.8 Å². The van der Waals surface area contributed by atoms with E-state index in [4.69, 9.17) is 10.2 Å². The normalized spacial score (nSPS) is 25.6. The van der Waals surface area contributed by atoms with Crippen LogP contribution in [-0.4, -0.2) is 43.7 Å². The number of hydroxylamine groups is 3. The van der Waals surface area contributed by atoms with Gasteiger partial charge in [-0.3, -0.25) is 0 Å². The maximum atomic E-state index is 12.8. The zero-order valence-electron chi connectivity index (χ0n) is 12.8. The van der Waals surface area contributed by atoms with E-state index in [1.807, 2.05) is 0 Å². The van der Waals surface area contributed by atoms with Gasteiger partial charge in [-0.05, 0) is 32.9 Å². The first-order chi connectivity index (χ1) is 10.1. The molecule has 0 fully saturated rings. The monoisotopic (exact) mass is 309 g/mol. The van der Waals surface area contributed by atoms with Crippen LogP contribution in [0.25, 0.3) is 0 Å². The van der Waals surface area contributed by atoms with Gasteiger partial charge in [0.2, 0.25) is 0 Å². The molecule has 0 aliphatic carbocycles. The van der Waals surface area contributed by atoms with E-state index in [0.29, 0.717) is 10.5 Å². The molecule has 22 heavy (non-hydrogen) atoms. The Morgan fingerprint density at radius 1 is 1.55 bits per heavy atom. The lowest BCUT2D eigenvalue weighted by Crippen LogP contribution is -2.57. The van der Waals surface area contributed by atoms with Crippen LogP contribution in [0.4, 0.5) is 4.79 Å². The molecule has 1 aliphatic rings. The van der Waals surface area contributed by atoms with Crippen molar-refractivity contribution in [3.63, 3.8) is 0 Å². The van der Waals surface area contributed by atoms with Crippen molar-refractivity contribution in [3.05, 3.63) is 29.4 Å². The highest BCUT2D eigenvalue weighted by Crippen LogP contribution is 2.36. The predicted octanol–water partition coefficient (Wildman–Crippen LogP) is 0.823. The number of nitrogens with two attached hydrogens (primary N) is 1. The minimum absolute atomic E-state index is 0.165. The minimum Gasteiger partial charge on any atom is -0.622 e. The Hall–Kier alpha value is -2.39. The van der Waals surface area contributed by atoms with E-state index in [9.17, 15) is 15.2 Å². The first kappa shape index (κ1) is 16.0. The summed E-state index contributed by atoms with van der Waals surface area (Å²) < 4.78 is 5.92. The molecule has 2 heterocycles. The van der Waals surface area contributed by atoms with Crippen LogP contribution < -0.4 is 11.2 Å². The number of hydrazone groups is 1. The van der Waals surface area contributed by atoms with Crippen molar-refractivity contribution in [1.82, 2.24) is 10.5 Å². The number of carbonyl (C=O) groups excluding carboxylic acids is 1. The fraction of sp³-hybridized carbons (Fsp3) is 0.462. The van der Waals surface area contributed by atoms with Crippen LogP contribution in [0.3, 0.4) is 0 Å². The molecule has 1 atom stereocenters. The van der Waals surface area contributed by atoms with E-state index in [1.165, 1.54) is 20.1 Å². The van der Waals surface area contributed by atoms with Crippen molar-refractivity contribution in [2.75, 3.05) is 0 Å². The number of rotatable bonds is 3. The molecule has 1 aromatic rings. The molecule has 1 aromatic heterocycles. The van der Waals surface area contributed by atoms with Gasteiger partial charge in [-0.2, -0.15) is 9.84 Å². The second-order valence-electron chi connectivity index (χ2n) is 5.69. The topological polar surface area (TPSA) is 130 Å². The number of furan rings is 1. The SMILES string of the molecule is C/C(=N/NC(N)=O)[C@]1(C)N(O)C(C)(C)C(c2ccco2)=[N+]1[O-]. The van der Waals surface area contributed by atoms with Crippen LogP contribution in [-0.2, 0) is 0 Å². The average Bonchev–Trinajstić information content (AvgIpc) is 2.99. The minimum atomic E-state index is -1.52. The van der Waals surface area contributed by atoms with Gasteiger partial charge >= 0.3 is 6.03 Å². The van der Waals surface area contributed by atoms with E-state index in [1.54, 1.807) is 26.0 Å². The molecule has 0 radical (unpaired) electrons. The lowest BCUT2D eigenvalue weighted by molar-refractivity contribution is -0.560. The largest absolute Gasteiger partial charge is 0.622 e. The van der Waals surface area contributed by atoms with E-state index in [2.05, 4.69) is 10.5 Å². The Bertz CT molecular complexity index is 649. The first-order valence-electron chi connectivity index (χ1n) is 6.61. The average molecular weight is 309 g/mol. The zero-order valence-corrected chi connectivity index (χ0v) is 12.8. The molecular formula is C13H19N5O4. The van der Waals surface area contributed by atoms with Crippen LogP contribution in [0.5, 0.6) is 0 Å². The number of amides is 2. The fourth-order valence-electron chi connectivity index (χ4n) is 2.56. The molecule has 2 rings (SSSR count). The molecule has 0 spiro atoms. The molecule has 0 aromatic carbocycles. The number of nitrogens with zero attached hydrogens (tertiary/aromatic N) is 3. The summed E-state index contributed by atoms with van der Waals surface area (Å²) in [5.74, 6) is 0.346. The maximum Gasteiger partial charge on any atom is 0.332 e. The predicted molar refractivity (Wildman–Crippen MR) is 78.4 cm³/mol. The van der Waals surface area contributed by atoms with E-state index >= 15 is 0 Å². The molecule has 2 amide bonds. The summed E-state index contributed by atoms with van der Waals surface area (Å²) in [7, 11) is 0. The van der Waals surface area contributed by atoms with Crippen LogP contribution in [0.15, 0.2) is 27.9 Å². The van der Waals surface area contributed by atoms with Crippen molar-refractivity contribution in [1.29, 1.82) is 0 Å². The Morgan fingerprint density at radius 3 is 2.68 bits per heavy atom. The Morgan fingerprint density at radius 2 is 2.18 bits per heavy atom. The van der Waals surface area contributed by atoms with Crippen LogP contribution in [0.2, 0.25) is 0 Å². The molecule has 0 unspecified atom stereocenters. The first-order valence-corrected chi connectivity index (χ1v) is 6.61. The molecular weight excluding hydrogens is 290 g/mol. The number of primary amides is 1. The summed E-state index contributed by atoms with van der Waals surface area (Å²) in [6.07, 6.45) is 1.44. The zero-order chi connectivity index (χ0) is 16.7. The molecule has 0 bridgehead atoms. The van der Waals surface area contributed by atoms with Crippen molar-refractivity contribution in [3.8, 4) is 0 Å². The number of hydrogen-bond donors (Lipinski definition) is 3. The quantitative estimate of drug-likeness (QED) is 0.329. The number of nitrogens with one attached hydrogen (secondary N) is 1. The summed E-state index contributed by atoms with van der Waals surface area (Å²) in [5.41, 5.74) is 4.88. The summed E-state index contributed by atoms with van der Waals surface area (Å²) in [5, 5.41) is 28.0. The fourth-order valence-corrected chi connectivity index (χ4v) is 2.56. The second-order valence-corrected chi connectivity index (χ2v) is 5.69. The van der Waals surface area contributed by atoms with Gasteiger partial charge in [0, 0.05) is 6.92 Å². The number of hydrogen-bond acceptors (Lipinski definition) is 6. The summed E-state index contributed by atoms with van der Waals surface area (Å²) in [6.45, 7) is 6.34. The molecule has 4 N–H and O–H groups in total. The van der Waals surface area contributed by atoms with Gasteiger partial charge in [-0.1, -0.05) is 0 Å². The van der Waals surface area contributed by atoms with Gasteiger partial charge < -0.3 is 20.6 Å². The molecule has 1 aliphatic heterocycles. The Balaban J connectivity index is 2.57. The summed E-state index contributed by atoms with van der Waals surface area (Å²) in [6, 6.07) is 2.42. The van der Waals surface area contributed by atoms with E-state index < -0.39 is 17.2 Å². The van der Waals surface area contributed by atoms with Crippen LogP contribution >= 0.6 is 0 Å². The highest BCUT2D eigenvalue weighted by molar-refractivity contribution is 6.04. The molecule has 0 saturated carbocycles. The summed E-state index contributed by atoms with van der Waals surface area (Å²) in [4.78, 5) is 10.8. The van der Waals surface area contributed by atoms with Gasteiger partial charge in [0.1, 0.15) is 11.3 Å². The van der Waals surface area contributed by atoms with Crippen molar-refractivity contribution in [2.45, 2.75) is 38.9 Å². The highest BCUT2D eigenvalue weighted by Gasteiger charge is 2.62. The molecule has 9 nitrogen and oxygen atoms in total. The third-order valence-electron chi connectivity index (χ3n) is 3.89. The second kappa shape index (κ2) is 5.11. The van der Waals surface area contributed by atoms with Crippen molar-refractivity contribution >= 4 is 17.5 Å². The Kier molecular flexibility index (Phi) is 3.71. The Labute approximate surface area is 127 Å². The molecule has 0 saturated heterocycles. The van der Waals surface area contributed by atoms with Gasteiger partial charge in [-0.15, -0.1) is 5.06 Å². The molecule has 120 valence electrons. The van der Waals surface area contributed by atoms with Gasteiger partial charge in [0.25, 0.3) is 11.4 Å². The third kappa shape index (κ3) is 2.14. The van der Waals surface area contributed by atoms with Crippen molar-refractivity contribution < 1.29 is 19.2 Å². The lowest BCUT2D eigenvalue weighted by atomic mass is 9.96. The third-order valence-corrected chi connectivity index (χ3v) is 3.89. The maximum absolute atomic E-state index is 12.8. The van der Waals surface area contributed by atoms with Crippen LogP contribution in [0, 0.1) is 5.21 Å². The highest BCUT2D eigenvalue weighted by atomic mass is 16.6.